The Morgan fingerprint density at radius 2 is 2.31 bits per heavy atom. The van der Waals surface area contributed by atoms with E-state index in [9.17, 15) is 9.18 Å². The van der Waals surface area contributed by atoms with E-state index in [1.807, 2.05) is 6.92 Å². The van der Waals surface area contributed by atoms with E-state index < -0.39 is 17.8 Å². The molecule has 0 heterocycles. The lowest BCUT2D eigenvalue weighted by molar-refractivity contribution is -0.120. The Balaban J connectivity index is 2.96. The van der Waals surface area contributed by atoms with E-state index in [-0.39, 0.29) is 5.56 Å². The predicted molar refractivity (Wildman–Crippen MR) is 61.6 cm³/mol. The average molecular weight is 245 g/mol. The first-order valence-corrected chi connectivity index (χ1v) is 5.41. The van der Waals surface area contributed by atoms with E-state index in [1.165, 1.54) is 18.2 Å². The van der Waals surface area contributed by atoms with E-state index in [0.29, 0.717) is 11.6 Å². The molecule has 3 N–H and O–H groups in total. The summed E-state index contributed by atoms with van der Waals surface area (Å²) in [6.45, 7) is 2.54. The molecule has 0 radical (unpaired) electrons. The van der Waals surface area contributed by atoms with Crippen LogP contribution in [0.25, 0.3) is 0 Å². The topological polar surface area (TPSA) is 55.1 Å². The Morgan fingerprint density at radius 3 is 2.81 bits per heavy atom. The molecule has 0 saturated heterocycles. The Morgan fingerprint density at radius 1 is 1.62 bits per heavy atom. The van der Waals surface area contributed by atoms with Crippen LogP contribution in [0.1, 0.15) is 24.9 Å². The van der Waals surface area contributed by atoms with Crippen molar-refractivity contribution in [3.8, 4) is 0 Å². The van der Waals surface area contributed by atoms with Gasteiger partial charge >= 0.3 is 0 Å². The lowest BCUT2D eigenvalue weighted by Crippen LogP contribution is -2.34. The van der Waals surface area contributed by atoms with Gasteiger partial charge in [-0.1, -0.05) is 24.6 Å². The van der Waals surface area contributed by atoms with Crippen LogP contribution in [0.5, 0.6) is 0 Å². The molecular formula is C11H14ClFN2O. The molecule has 0 aliphatic heterocycles. The fraction of sp³-hybridized carbons (Fsp3) is 0.364. The first-order valence-electron chi connectivity index (χ1n) is 5.04. The van der Waals surface area contributed by atoms with Crippen molar-refractivity contribution in [3.05, 3.63) is 34.6 Å². The first kappa shape index (κ1) is 12.9. The minimum absolute atomic E-state index is 0.227. The monoisotopic (exact) mass is 244 g/mol. The van der Waals surface area contributed by atoms with E-state index in [4.69, 9.17) is 17.3 Å². The summed E-state index contributed by atoms with van der Waals surface area (Å²) >= 11 is 5.63. The molecule has 88 valence electrons. The van der Waals surface area contributed by atoms with Gasteiger partial charge in [-0.15, -0.1) is 0 Å². The maximum Gasteiger partial charge on any atom is 0.239 e. The molecule has 1 rings (SSSR count). The van der Waals surface area contributed by atoms with Gasteiger partial charge in [-0.25, -0.2) is 4.39 Å². The van der Waals surface area contributed by atoms with Crippen LogP contribution < -0.4 is 11.1 Å². The molecule has 0 spiro atoms. The molecule has 16 heavy (non-hydrogen) atoms. The zero-order chi connectivity index (χ0) is 12.1. The minimum atomic E-state index is -0.808. The number of primary amides is 1. The first-order chi connectivity index (χ1) is 7.56. The minimum Gasteiger partial charge on any atom is -0.368 e. The molecule has 1 amide bonds. The van der Waals surface area contributed by atoms with Crippen molar-refractivity contribution in [2.24, 2.45) is 5.73 Å². The maximum atomic E-state index is 13.6. The normalized spacial score (nSPS) is 12.4. The number of nitrogens with one attached hydrogen (secondary N) is 1. The summed E-state index contributed by atoms with van der Waals surface area (Å²) in [5.41, 5.74) is 5.44. The van der Waals surface area contributed by atoms with Crippen LogP contribution in [0.15, 0.2) is 18.2 Å². The Bertz CT molecular complexity index is 384. The number of rotatable bonds is 5. The predicted octanol–water partition coefficient (Wildman–Crippen LogP) is 2.01. The van der Waals surface area contributed by atoms with Crippen LogP contribution in [-0.2, 0) is 4.79 Å². The van der Waals surface area contributed by atoms with Crippen molar-refractivity contribution in [1.29, 1.82) is 0 Å². The number of carbonyl (C=O) groups excluding carboxylic acids is 1. The van der Waals surface area contributed by atoms with Crippen LogP contribution in [0.3, 0.4) is 0 Å². The average Bonchev–Trinajstić information content (AvgIpc) is 2.20. The van der Waals surface area contributed by atoms with Crippen LogP contribution in [0, 0.1) is 5.82 Å². The van der Waals surface area contributed by atoms with Crippen molar-refractivity contribution in [2.45, 2.75) is 19.4 Å². The van der Waals surface area contributed by atoms with Crippen molar-refractivity contribution in [2.75, 3.05) is 6.54 Å². The third-order valence-electron chi connectivity index (χ3n) is 2.16. The van der Waals surface area contributed by atoms with Gasteiger partial charge in [-0.3, -0.25) is 4.79 Å². The second-order valence-corrected chi connectivity index (χ2v) is 3.89. The smallest absolute Gasteiger partial charge is 0.239 e. The summed E-state index contributed by atoms with van der Waals surface area (Å²) in [5, 5.41) is 3.18. The van der Waals surface area contributed by atoms with Crippen LogP contribution in [0.4, 0.5) is 4.39 Å². The van der Waals surface area contributed by atoms with E-state index in [0.717, 1.165) is 6.42 Å². The van der Waals surface area contributed by atoms with E-state index in [2.05, 4.69) is 5.32 Å². The number of carbonyl (C=O) groups is 1. The van der Waals surface area contributed by atoms with Gasteiger partial charge < -0.3 is 11.1 Å². The number of hydrogen-bond acceptors (Lipinski definition) is 2. The van der Waals surface area contributed by atoms with Gasteiger partial charge in [-0.05, 0) is 25.1 Å². The second-order valence-electron chi connectivity index (χ2n) is 3.46. The summed E-state index contributed by atoms with van der Waals surface area (Å²) in [6, 6.07) is 3.36. The maximum absolute atomic E-state index is 13.6. The number of hydrogen-bond donors (Lipinski definition) is 2. The standard InChI is InChI=1S/C11H14ClFN2O/c1-2-5-15-10(11(14)16)8-4-3-7(12)6-9(8)13/h3-4,6,10,15H,2,5H2,1H3,(H2,14,16). The zero-order valence-corrected chi connectivity index (χ0v) is 9.72. The summed E-state index contributed by atoms with van der Waals surface area (Å²) in [7, 11) is 0. The molecule has 0 saturated carbocycles. The van der Waals surface area contributed by atoms with Gasteiger partial charge in [0.05, 0.1) is 0 Å². The van der Waals surface area contributed by atoms with Crippen molar-refractivity contribution >= 4 is 17.5 Å². The summed E-state index contributed by atoms with van der Waals surface area (Å²) in [6.07, 6.45) is 0.832. The molecular weight excluding hydrogens is 231 g/mol. The molecule has 1 unspecified atom stereocenters. The molecule has 1 aromatic carbocycles. The lowest BCUT2D eigenvalue weighted by atomic mass is 10.1. The van der Waals surface area contributed by atoms with Gasteiger partial charge in [0.2, 0.25) is 5.91 Å². The largest absolute Gasteiger partial charge is 0.368 e. The molecule has 0 aliphatic carbocycles. The highest BCUT2D eigenvalue weighted by molar-refractivity contribution is 6.30. The highest BCUT2D eigenvalue weighted by Gasteiger charge is 2.20. The van der Waals surface area contributed by atoms with Gasteiger partial charge in [0.15, 0.2) is 0 Å². The number of nitrogens with two attached hydrogens (primary N) is 1. The quantitative estimate of drug-likeness (QED) is 0.833. The van der Waals surface area contributed by atoms with Crippen LogP contribution >= 0.6 is 11.6 Å². The Hall–Kier alpha value is -1.13. The van der Waals surface area contributed by atoms with Crippen LogP contribution in [0.2, 0.25) is 5.02 Å². The summed E-state index contributed by atoms with van der Waals surface area (Å²) in [5.74, 6) is -1.13. The van der Waals surface area contributed by atoms with Crippen LogP contribution in [-0.4, -0.2) is 12.5 Å². The third kappa shape index (κ3) is 3.18. The fourth-order valence-electron chi connectivity index (χ4n) is 1.39. The molecule has 1 aromatic rings. The van der Waals surface area contributed by atoms with Crippen molar-refractivity contribution < 1.29 is 9.18 Å². The highest BCUT2D eigenvalue weighted by atomic mass is 35.5. The van der Waals surface area contributed by atoms with E-state index in [1.54, 1.807) is 0 Å². The van der Waals surface area contributed by atoms with Gasteiger partial charge in [-0.2, -0.15) is 0 Å². The third-order valence-corrected chi connectivity index (χ3v) is 2.39. The number of benzene rings is 1. The lowest BCUT2D eigenvalue weighted by Gasteiger charge is -2.16. The molecule has 0 fully saturated rings. The molecule has 3 nitrogen and oxygen atoms in total. The Kier molecular flexibility index (Phi) is 4.71. The van der Waals surface area contributed by atoms with Gasteiger partial charge in [0.1, 0.15) is 11.9 Å². The van der Waals surface area contributed by atoms with Gasteiger partial charge in [0, 0.05) is 10.6 Å². The van der Waals surface area contributed by atoms with E-state index >= 15 is 0 Å². The molecule has 0 aromatic heterocycles. The summed E-state index contributed by atoms with van der Waals surface area (Å²) in [4.78, 5) is 11.2. The summed E-state index contributed by atoms with van der Waals surface area (Å²) < 4.78 is 13.6. The van der Waals surface area contributed by atoms with Crippen molar-refractivity contribution in [3.63, 3.8) is 0 Å². The Labute approximate surface area is 98.8 Å². The zero-order valence-electron chi connectivity index (χ0n) is 8.97. The SMILES string of the molecule is CCCNC(C(N)=O)c1ccc(Cl)cc1F. The highest BCUT2D eigenvalue weighted by Crippen LogP contribution is 2.20. The fourth-order valence-corrected chi connectivity index (χ4v) is 1.55. The molecule has 0 aliphatic rings. The molecule has 0 bridgehead atoms. The second kappa shape index (κ2) is 5.82. The number of amides is 1. The number of halogens is 2. The molecule has 5 heteroatoms. The molecule has 1 atom stereocenters. The van der Waals surface area contributed by atoms with Crippen molar-refractivity contribution in [1.82, 2.24) is 5.32 Å². The van der Waals surface area contributed by atoms with Gasteiger partial charge in [0.25, 0.3) is 0 Å².